The molecular weight excluding hydrogens is 438 g/mol. The van der Waals surface area contributed by atoms with E-state index in [-0.39, 0.29) is 17.7 Å². The van der Waals surface area contributed by atoms with Crippen LogP contribution in [0.4, 0.5) is 14.5 Å². The summed E-state index contributed by atoms with van der Waals surface area (Å²) in [5.74, 6) is -5.19. The average Bonchev–Trinajstić information content (AvgIpc) is 3.27. The van der Waals surface area contributed by atoms with Gasteiger partial charge in [0.25, 0.3) is 0 Å². The van der Waals surface area contributed by atoms with Gasteiger partial charge < -0.3 is 4.74 Å². The van der Waals surface area contributed by atoms with Gasteiger partial charge in [-0.15, -0.1) is 0 Å². The van der Waals surface area contributed by atoms with E-state index in [1.807, 2.05) is 6.26 Å². The van der Waals surface area contributed by atoms with E-state index >= 15 is 0 Å². The van der Waals surface area contributed by atoms with Gasteiger partial charge in [0.15, 0.2) is 0 Å². The van der Waals surface area contributed by atoms with E-state index < -0.39 is 52.8 Å². The molecule has 4 rings (SSSR count). The van der Waals surface area contributed by atoms with E-state index in [4.69, 9.17) is 4.74 Å². The van der Waals surface area contributed by atoms with Crippen molar-refractivity contribution >= 4 is 35.2 Å². The monoisotopic (exact) mass is 460 g/mol. The van der Waals surface area contributed by atoms with Crippen molar-refractivity contribution in [1.82, 2.24) is 5.32 Å². The van der Waals surface area contributed by atoms with Crippen LogP contribution in [0.25, 0.3) is 0 Å². The van der Waals surface area contributed by atoms with Crippen LogP contribution in [0.1, 0.15) is 18.0 Å². The predicted molar refractivity (Wildman–Crippen MR) is 116 cm³/mol. The van der Waals surface area contributed by atoms with E-state index in [0.29, 0.717) is 5.75 Å². The van der Waals surface area contributed by atoms with Crippen LogP contribution in [-0.4, -0.2) is 42.4 Å². The lowest BCUT2D eigenvalue weighted by molar-refractivity contribution is -0.152. The van der Waals surface area contributed by atoms with Crippen molar-refractivity contribution in [2.45, 2.75) is 18.0 Å². The number of esters is 1. The highest BCUT2D eigenvalue weighted by atomic mass is 32.2. The minimum absolute atomic E-state index is 0.161. The van der Waals surface area contributed by atoms with Gasteiger partial charge in [-0.25, -0.2) is 13.7 Å². The maximum atomic E-state index is 14.8. The minimum Gasteiger partial charge on any atom is -0.468 e. The summed E-state index contributed by atoms with van der Waals surface area (Å²) in [6.07, 6.45) is 2.02. The molecule has 2 aromatic rings. The number of imide groups is 1. The largest absolute Gasteiger partial charge is 0.468 e. The third kappa shape index (κ3) is 3.31. The van der Waals surface area contributed by atoms with Crippen molar-refractivity contribution in [3.8, 4) is 0 Å². The van der Waals surface area contributed by atoms with E-state index in [0.717, 1.165) is 11.0 Å². The molecule has 1 N–H and O–H groups in total. The van der Waals surface area contributed by atoms with Crippen molar-refractivity contribution in [2.75, 3.05) is 24.0 Å². The maximum Gasteiger partial charge on any atom is 0.326 e. The van der Waals surface area contributed by atoms with Crippen LogP contribution < -0.4 is 10.2 Å². The summed E-state index contributed by atoms with van der Waals surface area (Å²) in [5.41, 5.74) is -1.58. The number of benzene rings is 2. The second-order valence-corrected chi connectivity index (χ2v) is 8.80. The molecule has 6 nitrogen and oxygen atoms in total. The zero-order chi connectivity index (χ0) is 23.0. The number of hydrogen-bond acceptors (Lipinski definition) is 6. The highest BCUT2D eigenvalue weighted by Crippen LogP contribution is 2.52. The molecular formula is C23H22F2N2O4S. The predicted octanol–water partition coefficient (Wildman–Crippen LogP) is 3.08. The first-order valence-electron chi connectivity index (χ1n) is 10.1. The molecule has 2 amide bonds. The van der Waals surface area contributed by atoms with Crippen LogP contribution in [0.5, 0.6) is 0 Å². The Morgan fingerprint density at radius 2 is 1.75 bits per heavy atom. The molecule has 2 aliphatic rings. The number of carbonyl (C=O) groups excluding carboxylic acids is 3. The summed E-state index contributed by atoms with van der Waals surface area (Å²) in [5, 5.41) is 3.11. The number of para-hydroxylation sites is 1. The summed E-state index contributed by atoms with van der Waals surface area (Å²) >= 11 is 1.46. The van der Waals surface area contributed by atoms with Crippen molar-refractivity contribution in [1.29, 1.82) is 0 Å². The summed E-state index contributed by atoms with van der Waals surface area (Å²) in [4.78, 5) is 41.0. The van der Waals surface area contributed by atoms with Crippen LogP contribution in [0.15, 0.2) is 48.5 Å². The molecule has 9 heteroatoms. The molecule has 2 heterocycles. The minimum atomic E-state index is -1.55. The summed E-state index contributed by atoms with van der Waals surface area (Å²) in [7, 11) is 1.20. The van der Waals surface area contributed by atoms with Crippen molar-refractivity contribution < 1.29 is 27.9 Å². The maximum absolute atomic E-state index is 14.8. The Balaban J connectivity index is 1.90. The van der Waals surface area contributed by atoms with Gasteiger partial charge in [-0.05, 0) is 36.6 Å². The van der Waals surface area contributed by atoms with Gasteiger partial charge in [0.2, 0.25) is 11.8 Å². The third-order valence-corrected chi connectivity index (χ3v) is 6.85. The zero-order valence-corrected chi connectivity index (χ0v) is 18.3. The number of rotatable bonds is 6. The molecule has 0 spiro atoms. The number of methoxy groups -OCH3 is 1. The molecule has 2 fully saturated rings. The Morgan fingerprint density at radius 3 is 2.38 bits per heavy atom. The molecule has 0 radical (unpaired) electrons. The van der Waals surface area contributed by atoms with Gasteiger partial charge in [-0.1, -0.05) is 30.3 Å². The number of anilines is 1. The fraction of sp³-hybridized carbons (Fsp3) is 0.348. The van der Waals surface area contributed by atoms with E-state index in [9.17, 15) is 23.2 Å². The van der Waals surface area contributed by atoms with E-state index in [1.54, 1.807) is 6.07 Å². The average molecular weight is 461 g/mol. The van der Waals surface area contributed by atoms with Gasteiger partial charge >= 0.3 is 5.97 Å². The third-order valence-electron chi connectivity index (χ3n) is 6.24. The SMILES string of the molecule is COC(=O)[C@]1(CCSC)N[C@H](c2ccccc2F)[C@H]2C(=O)N(c3ccccc3F)C(=O)[C@H]21. The van der Waals surface area contributed by atoms with Crippen LogP contribution >= 0.6 is 11.8 Å². The smallest absolute Gasteiger partial charge is 0.326 e. The fourth-order valence-electron chi connectivity index (χ4n) is 4.83. The lowest BCUT2D eigenvalue weighted by atomic mass is 9.78. The number of ether oxygens (including phenoxy) is 1. The summed E-state index contributed by atoms with van der Waals surface area (Å²) < 4.78 is 34.4. The molecule has 32 heavy (non-hydrogen) atoms. The van der Waals surface area contributed by atoms with Crippen molar-refractivity contribution in [2.24, 2.45) is 11.8 Å². The number of nitrogens with one attached hydrogen (secondary N) is 1. The molecule has 168 valence electrons. The van der Waals surface area contributed by atoms with E-state index in [2.05, 4.69) is 5.32 Å². The molecule has 0 aromatic heterocycles. The number of hydrogen-bond donors (Lipinski definition) is 1. The molecule has 0 unspecified atom stereocenters. The highest BCUT2D eigenvalue weighted by molar-refractivity contribution is 7.98. The molecule has 4 atom stereocenters. The van der Waals surface area contributed by atoms with Crippen molar-refractivity contribution in [3.05, 3.63) is 65.7 Å². The molecule has 0 bridgehead atoms. The fourth-order valence-corrected chi connectivity index (χ4v) is 5.36. The standard InChI is InChI=1S/C23H22F2N2O4S/c1-31-22(30)23(11-12-32-2)18-17(19(26-23)13-7-3-4-8-14(13)24)20(28)27(21(18)29)16-10-6-5-9-15(16)25/h3-10,17-19,26H,11-12H2,1-2H3/t17-,18-,19+,23+/m0/s1. The van der Waals surface area contributed by atoms with Crippen LogP contribution in [0.2, 0.25) is 0 Å². The Bertz CT molecular complexity index is 1080. The molecule has 2 aromatic carbocycles. The second kappa shape index (κ2) is 8.63. The normalized spacial score (nSPS) is 27.0. The number of carbonyl (C=O) groups is 3. The Labute approximate surface area is 188 Å². The van der Waals surface area contributed by atoms with Crippen LogP contribution in [0, 0.1) is 23.5 Å². The van der Waals surface area contributed by atoms with Gasteiger partial charge in [0.05, 0.1) is 24.6 Å². The molecule has 0 aliphatic carbocycles. The number of nitrogens with zero attached hydrogens (tertiary/aromatic N) is 1. The summed E-state index contributed by atoms with van der Waals surface area (Å²) in [6.45, 7) is 0. The highest BCUT2D eigenvalue weighted by Gasteiger charge is 2.69. The first-order chi connectivity index (χ1) is 15.4. The topological polar surface area (TPSA) is 75.7 Å². The Kier molecular flexibility index (Phi) is 6.05. The first kappa shape index (κ1) is 22.4. The summed E-state index contributed by atoms with van der Waals surface area (Å²) in [6, 6.07) is 10.4. The van der Waals surface area contributed by atoms with Gasteiger partial charge in [0, 0.05) is 11.6 Å². The first-order valence-corrected chi connectivity index (χ1v) is 11.5. The Morgan fingerprint density at radius 1 is 1.09 bits per heavy atom. The molecule has 2 aliphatic heterocycles. The van der Waals surface area contributed by atoms with E-state index in [1.165, 1.54) is 55.3 Å². The van der Waals surface area contributed by atoms with Crippen LogP contribution in [0.3, 0.4) is 0 Å². The van der Waals surface area contributed by atoms with Gasteiger partial charge in [-0.2, -0.15) is 11.8 Å². The lowest BCUT2D eigenvalue weighted by Gasteiger charge is -2.32. The quantitative estimate of drug-likeness (QED) is 0.528. The van der Waals surface area contributed by atoms with Gasteiger partial charge in [-0.3, -0.25) is 19.7 Å². The van der Waals surface area contributed by atoms with Gasteiger partial charge in [0.1, 0.15) is 17.2 Å². The number of fused-ring (bicyclic) bond motifs is 1. The molecule has 2 saturated heterocycles. The number of thioether (sulfide) groups is 1. The lowest BCUT2D eigenvalue weighted by Crippen LogP contribution is -2.56. The Hall–Kier alpha value is -2.78. The molecule has 0 saturated carbocycles. The second-order valence-electron chi connectivity index (χ2n) is 7.82. The zero-order valence-electron chi connectivity index (χ0n) is 17.5. The van der Waals surface area contributed by atoms with Crippen LogP contribution in [-0.2, 0) is 19.1 Å². The number of amides is 2. The number of halogens is 2. The van der Waals surface area contributed by atoms with Crippen molar-refractivity contribution in [3.63, 3.8) is 0 Å².